The Hall–Kier alpha value is -2.31. The molecule has 0 spiro atoms. The van der Waals surface area contributed by atoms with Crippen LogP contribution in [-0.2, 0) is 11.3 Å². The Kier molecular flexibility index (Phi) is 6.44. The van der Waals surface area contributed by atoms with Gasteiger partial charge >= 0.3 is 0 Å². The number of likely N-dealkylation sites (tertiary alicyclic amines) is 1. The van der Waals surface area contributed by atoms with E-state index in [1.54, 1.807) is 10.6 Å². The van der Waals surface area contributed by atoms with Gasteiger partial charge in [-0.3, -0.25) is 14.2 Å². The van der Waals surface area contributed by atoms with Crippen molar-refractivity contribution in [3.63, 3.8) is 0 Å². The van der Waals surface area contributed by atoms with Crippen LogP contribution >= 0.6 is 23.4 Å². The Morgan fingerprint density at radius 2 is 1.83 bits per heavy atom. The van der Waals surface area contributed by atoms with Crippen molar-refractivity contribution in [3.8, 4) is 0 Å². The summed E-state index contributed by atoms with van der Waals surface area (Å²) in [5.74, 6) is 1.06. The number of hydrogen-bond donors (Lipinski definition) is 0. The van der Waals surface area contributed by atoms with Gasteiger partial charge < -0.3 is 4.90 Å². The fraction of sp³-hybridized carbons (Fsp3) is 0.348. The highest BCUT2D eigenvalue weighted by atomic mass is 35.5. The number of hydrogen-bond acceptors (Lipinski definition) is 4. The van der Waals surface area contributed by atoms with Crippen LogP contribution < -0.4 is 5.56 Å². The van der Waals surface area contributed by atoms with Gasteiger partial charge in [-0.1, -0.05) is 54.6 Å². The van der Waals surface area contributed by atoms with Gasteiger partial charge in [0, 0.05) is 18.1 Å². The molecule has 30 heavy (non-hydrogen) atoms. The second kappa shape index (κ2) is 9.23. The quantitative estimate of drug-likeness (QED) is 0.433. The minimum absolute atomic E-state index is 0.0997. The monoisotopic (exact) mass is 441 g/mol. The fourth-order valence-corrected chi connectivity index (χ4v) is 4.67. The van der Waals surface area contributed by atoms with Crippen LogP contribution in [0.25, 0.3) is 10.9 Å². The number of carbonyl (C=O) groups is 1. The Morgan fingerprint density at radius 1 is 1.13 bits per heavy atom. The normalized spacial score (nSPS) is 14.9. The summed E-state index contributed by atoms with van der Waals surface area (Å²) < 4.78 is 1.65. The summed E-state index contributed by atoms with van der Waals surface area (Å²) in [5, 5.41) is 1.79. The Balaban J connectivity index is 1.61. The van der Waals surface area contributed by atoms with E-state index in [9.17, 15) is 9.59 Å². The third-order valence-corrected chi connectivity index (χ3v) is 6.75. The first-order valence-electron chi connectivity index (χ1n) is 10.2. The molecule has 1 fully saturated rings. The molecule has 1 saturated heterocycles. The molecule has 0 unspecified atom stereocenters. The maximum absolute atomic E-state index is 13.2. The summed E-state index contributed by atoms with van der Waals surface area (Å²) >= 11 is 7.33. The van der Waals surface area contributed by atoms with Gasteiger partial charge in [-0.25, -0.2) is 4.98 Å². The Morgan fingerprint density at radius 3 is 2.57 bits per heavy atom. The lowest BCUT2D eigenvalue weighted by atomic mass is 9.99. The molecule has 2 heterocycles. The van der Waals surface area contributed by atoms with Crippen molar-refractivity contribution in [1.82, 2.24) is 14.5 Å². The van der Waals surface area contributed by atoms with Crippen molar-refractivity contribution in [3.05, 3.63) is 69.5 Å². The Labute approximate surface area is 185 Å². The lowest BCUT2D eigenvalue weighted by molar-refractivity contribution is -0.129. The van der Waals surface area contributed by atoms with Crippen LogP contribution in [0.2, 0.25) is 5.02 Å². The largest absolute Gasteiger partial charge is 0.342 e. The highest BCUT2D eigenvalue weighted by Crippen LogP contribution is 2.22. The molecule has 0 atom stereocenters. The van der Waals surface area contributed by atoms with E-state index >= 15 is 0 Å². The molecule has 0 radical (unpaired) electrons. The number of halogens is 1. The second-order valence-electron chi connectivity index (χ2n) is 7.78. The molecule has 1 amide bonds. The van der Waals surface area contributed by atoms with E-state index in [1.807, 2.05) is 47.4 Å². The van der Waals surface area contributed by atoms with Crippen molar-refractivity contribution in [1.29, 1.82) is 0 Å². The van der Waals surface area contributed by atoms with Crippen molar-refractivity contribution in [2.24, 2.45) is 5.92 Å². The first kappa shape index (κ1) is 20.9. The van der Waals surface area contributed by atoms with E-state index in [0.29, 0.717) is 33.5 Å². The number of nitrogens with zero attached hydrogens (tertiary/aromatic N) is 3. The van der Waals surface area contributed by atoms with Crippen LogP contribution in [-0.4, -0.2) is 39.2 Å². The number of piperidine rings is 1. The zero-order chi connectivity index (χ0) is 21.1. The Bertz CT molecular complexity index is 1110. The zero-order valence-corrected chi connectivity index (χ0v) is 18.5. The fourth-order valence-electron chi connectivity index (χ4n) is 3.65. The van der Waals surface area contributed by atoms with E-state index < -0.39 is 0 Å². The number of fused-ring (bicyclic) bond motifs is 1. The van der Waals surface area contributed by atoms with Gasteiger partial charge in [0.15, 0.2) is 5.16 Å². The summed E-state index contributed by atoms with van der Waals surface area (Å²) in [6.07, 6.45) is 2.10. The van der Waals surface area contributed by atoms with Gasteiger partial charge in [0.1, 0.15) is 0 Å². The van der Waals surface area contributed by atoms with Crippen molar-refractivity contribution in [2.45, 2.75) is 31.5 Å². The molecule has 156 valence electrons. The third-order valence-electron chi connectivity index (χ3n) is 5.54. The van der Waals surface area contributed by atoms with Crippen molar-refractivity contribution < 1.29 is 4.79 Å². The average Bonchev–Trinajstić information content (AvgIpc) is 2.76. The number of aromatic nitrogens is 2. The SMILES string of the molecule is CC1CCN(C(=O)CSc2nc3ccccc3c(=O)n2Cc2ccc(Cl)cc2)CC1. The maximum atomic E-state index is 13.2. The zero-order valence-electron chi connectivity index (χ0n) is 16.9. The number of rotatable bonds is 5. The number of para-hydroxylation sites is 1. The predicted molar refractivity (Wildman–Crippen MR) is 122 cm³/mol. The van der Waals surface area contributed by atoms with E-state index in [1.165, 1.54) is 11.8 Å². The highest BCUT2D eigenvalue weighted by molar-refractivity contribution is 7.99. The molecule has 1 aliphatic rings. The summed E-state index contributed by atoms with van der Waals surface area (Å²) in [6.45, 7) is 4.23. The van der Waals surface area contributed by atoms with Gasteiger partial charge in [0.25, 0.3) is 5.56 Å². The number of amides is 1. The molecule has 0 bridgehead atoms. The second-order valence-corrected chi connectivity index (χ2v) is 9.16. The number of benzene rings is 2. The van der Waals surface area contributed by atoms with Crippen LogP contribution in [0.4, 0.5) is 0 Å². The van der Waals surface area contributed by atoms with Gasteiger partial charge in [-0.05, 0) is 48.6 Å². The molecule has 5 nitrogen and oxygen atoms in total. The third kappa shape index (κ3) is 4.71. The van der Waals surface area contributed by atoms with Gasteiger partial charge in [-0.2, -0.15) is 0 Å². The molecule has 1 aliphatic heterocycles. The summed E-state index contributed by atoms with van der Waals surface area (Å²) in [4.78, 5) is 32.5. The van der Waals surface area contributed by atoms with E-state index in [0.717, 1.165) is 31.5 Å². The molecular formula is C23H24ClN3O2S. The minimum Gasteiger partial charge on any atom is -0.342 e. The molecular weight excluding hydrogens is 418 g/mol. The lowest BCUT2D eigenvalue weighted by Gasteiger charge is -2.30. The van der Waals surface area contributed by atoms with Crippen LogP contribution in [0, 0.1) is 5.92 Å². The summed E-state index contributed by atoms with van der Waals surface area (Å²) in [5.41, 5.74) is 1.51. The molecule has 1 aromatic heterocycles. The van der Waals surface area contributed by atoms with Crippen LogP contribution in [0.5, 0.6) is 0 Å². The maximum Gasteiger partial charge on any atom is 0.262 e. The molecule has 0 aliphatic carbocycles. The van der Waals surface area contributed by atoms with E-state index in [-0.39, 0.29) is 17.2 Å². The van der Waals surface area contributed by atoms with E-state index in [4.69, 9.17) is 16.6 Å². The first-order chi connectivity index (χ1) is 14.5. The van der Waals surface area contributed by atoms with Crippen LogP contribution in [0.15, 0.2) is 58.5 Å². The number of thioether (sulfide) groups is 1. The summed E-state index contributed by atoms with van der Waals surface area (Å²) in [7, 11) is 0. The molecule has 4 rings (SSSR count). The van der Waals surface area contributed by atoms with Gasteiger partial charge in [-0.15, -0.1) is 0 Å². The van der Waals surface area contributed by atoms with Gasteiger partial charge in [0.2, 0.25) is 5.91 Å². The van der Waals surface area contributed by atoms with Gasteiger partial charge in [0.05, 0.1) is 23.2 Å². The number of carbonyl (C=O) groups excluding carboxylic acids is 1. The molecule has 0 saturated carbocycles. The predicted octanol–water partition coefficient (Wildman–Crippen LogP) is 4.45. The van der Waals surface area contributed by atoms with Crippen molar-refractivity contribution >= 4 is 40.2 Å². The van der Waals surface area contributed by atoms with Crippen LogP contribution in [0.3, 0.4) is 0 Å². The molecule has 7 heteroatoms. The standard InChI is InChI=1S/C23H24ClN3O2S/c1-16-10-12-26(13-11-16)21(28)15-30-23-25-20-5-3-2-4-19(20)22(29)27(23)14-17-6-8-18(24)9-7-17/h2-9,16H,10-15H2,1H3. The molecule has 2 aromatic carbocycles. The minimum atomic E-state index is -0.0997. The average molecular weight is 442 g/mol. The summed E-state index contributed by atoms with van der Waals surface area (Å²) in [6, 6.07) is 14.8. The molecule has 3 aromatic rings. The topological polar surface area (TPSA) is 55.2 Å². The van der Waals surface area contributed by atoms with Crippen molar-refractivity contribution in [2.75, 3.05) is 18.8 Å². The smallest absolute Gasteiger partial charge is 0.262 e. The molecule has 0 N–H and O–H groups in total. The highest BCUT2D eigenvalue weighted by Gasteiger charge is 2.21. The lowest BCUT2D eigenvalue weighted by Crippen LogP contribution is -2.39. The van der Waals surface area contributed by atoms with Crippen LogP contribution in [0.1, 0.15) is 25.3 Å². The van der Waals surface area contributed by atoms with E-state index in [2.05, 4.69) is 6.92 Å². The first-order valence-corrected chi connectivity index (χ1v) is 11.5.